The molecule has 0 atom stereocenters. The summed E-state index contributed by atoms with van der Waals surface area (Å²) in [5.74, 6) is -0.296. The summed E-state index contributed by atoms with van der Waals surface area (Å²) in [7, 11) is 0. The molecule has 4 nitrogen and oxygen atoms in total. The molecule has 0 saturated carbocycles. The molecule has 0 bridgehead atoms. The summed E-state index contributed by atoms with van der Waals surface area (Å²) in [6, 6.07) is 1.72. The van der Waals surface area contributed by atoms with E-state index in [9.17, 15) is 10.2 Å². The highest BCUT2D eigenvalue weighted by molar-refractivity contribution is 5.52. The van der Waals surface area contributed by atoms with E-state index in [0.29, 0.717) is 11.1 Å². The second-order valence-corrected chi connectivity index (χ2v) is 3.01. The molecule has 1 aromatic carbocycles. The van der Waals surface area contributed by atoms with Crippen molar-refractivity contribution < 1.29 is 15.4 Å². The highest BCUT2D eigenvalue weighted by Gasteiger charge is 2.11. The quantitative estimate of drug-likeness (QED) is 0.410. The van der Waals surface area contributed by atoms with Crippen molar-refractivity contribution in [3.63, 3.8) is 0 Å². The zero-order valence-electron chi connectivity index (χ0n) is 7.63. The minimum atomic E-state index is -0.176. The predicted molar refractivity (Wildman–Crippen MR) is 47.9 cm³/mol. The van der Waals surface area contributed by atoms with E-state index < -0.39 is 0 Å². The van der Waals surface area contributed by atoms with Crippen molar-refractivity contribution in [2.75, 3.05) is 0 Å². The Kier molecular flexibility index (Phi) is 2.75. The van der Waals surface area contributed by atoms with Crippen LogP contribution in [-0.2, 0) is 6.54 Å². The number of rotatable bonds is 2. The van der Waals surface area contributed by atoms with Crippen LogP contribution in [0.4, 0.5) is 0 Å². The number of phenols is 2. The third-order valence-electron chi connectivity index (χ3n) is 2.14. The fraction of sp³-hybridized carbons (Fsp3) is 0.333. The number of aryl methyl sites for hydroxylation is 1. The van der Waals surface area contributed by atoms with E-state index in [1.807, 2.05) is 12.4 Å². The van der Waals surface area contributed by atoms with Gasteiger partial charge in [-0.2, -0.15) is 0 Å². The molecule has 0 spiro atoms. The van der Waals surface area contributed by atoms with Crippen LogP contribution in [0.25, 0.3) is 0 Å². The van der Waals surface area contributed by atoms with Crippen molar-refractivity contribution in [3.8, 4) is 11.5 Å². The smallest absolute Gasteiger partial charge is 0.162 e. The third kappa shape index (κ3) is 1.74. The lowest BCUT2D eigenvalue weighted by Gasteiger charge is -2.10. The molecule has 0 aromatic heterocycles. The molecule has 1 aromatic rings. The van der Waals surface area contributed by atoms with Gasteiger partial charge < -0.3 is 15.4 Å². The maximum atomic E-state index is 9.44. The summed E-state index contributed by atoms with van der Waals surface area (Å²) in [5, 5.41) is 27.3. The molecule has 0 fully saturated rings. The number of aromatic hydroxyl groups is 2. The van der Waals surface area contributed by atoms with Crippen LogP contribution in [0, 0.1) is 13.8 Å². The molecule has 0 unspecified atom stereocenters. The van der Waals surface area contributed by atoms with Gasteiger partial charge in [0, 0.05) is 12.1 Å². The average Bonchev–Trinajstić information content (AvgIpc) is 2.11. The van der Waals surface area contributed by atoms with E-state index in [0.717, 1.165) is 5.56 Å². The summed E-state index contributed by atoms with van der Waals surface area (Å²) in [6.07, 6.45) is 0. The van der Waals surface area contributed by atoms with Gasteiger partial charge in [-0.1, -0.05) is 6.07 Å². The summed E-state index contributed by atoms with van der Waals surface area (Å²) in [5.41, 5.74) is 3.93. The van der Waals surface area contributed by atoms with Crippen molar-refractivity contribution in [2.45, 2.75) is 20.4 Å². The van der Waals surface area contributed by atoms with Gasteiger partial charge in [0.2, 0.25) is 0 Å². The summed E-state index contributed by atoms with van der Waals surface area (Å²) in [6.45, 7) is 3.66. The van der Waals surface area contributed by atoms with E-state index >= 15 is 0 Å². The fourth-order valence-corrected chi connectivity index (χ4v) is 1.17. The number of nitrogens with one attached hydrogen (secondary N) is 1. The van der Waals surface area contributed by atoms with Crippen molar-refractivity contribution >= 4 is 0 Å². The first-order valence-electron chi connectivity index (χ1n) is 3.96. The normalized spacial score (nSPS) is 10.4. The molecule has 72 valence electrons. The van der Waals surface area contributed by atoms with Gasteiger partial charge in [0.15, 0.2) is 11.5 Å². The van der Waals surface area contributed by atoms with Gasteiger partial charge >= 0.3 is 0 Å². The van der Waals surface area contributed by atoms with Gasteiger partial charge in [0.25, 0.3) is 0 Å². The molecule has 4 heteroatoms. The molecule has 4 N–H and O–H groups in total. The number of hydrogen-bond donors (Lipinski definition) is 4. The topological polar surface area (TPSA) is 72.7 Å². The van der Waals surface area contributed by atoms with Gasteiger partial charge in [-0.15, -0.1) is 0 Å². The van der Waals surface area contributed by atoms with Crippen molar-refractivity contribution in [1.29, 1.82) is 0 Å². The Balaban J connectivity index is 3.24. The summed E-state index contributed by atoms with van der Waals surface area (Å²) >= 11 is 0. The first-order chi connectivity index (χ1) is 6.07. The molecular weight excluding hydrogens is 170 g/mol. The molecule has 0 heterocycles. The molecule has 1 rings (SSSR count). The van der Waals surface area contributed by atoms with Gasteiger partial charge in [-0.3, -0.25) is 0 Å². The Morgan fingerprint density at radius 3 is 2.38 bits per heavy atom. The highest BCUT2D eigenvalue weighted by Crippen LogP contribution is 2.34. The van der Waals surface area contributed by atoms with E-state index in [2.05, 4.69) is 0 Å². The third-order valence-corrected chi connectivity index (χ3v) is 2.14. The Morgan fingerprint density at radius 2 is 1.85 bits per heavy atom. The molecule has 0 aliphatic rings. The molecule has 0 aliphatic heterocycles. The van der Waals surface area contributed by atoms with Crippen LogP contribution in [0.15, 0.2) is 6.07 Å². The Bertz CT molecular complexity index is 323. The van der Waals surface area contributed by atoms with Gasteiger partial charge in [0.05, 0.1) is 0 Å². The van der Waals surface area contributed by atoms with Crippen LogP contribution < -0.4 is 5.48 Å². The second-order valence-electron chi connectivity index (χ2n) is 3.01. The Labute approximate surface area is 76.4 Å². The van der Waals surface area contributed by atoms with Crippen LogP contribution in [0.3, 0.4) is 0 Å². The van der Waals surface area contributed by atoms with E-state index in [-0.39, 0.29) is 18.0 Å². The van der Waals surface area contributed by atoms with E-state index in [1.165, 1.54) is 0 Å². The largest absolute Gasteiger partial charge is 0.504 e. The predicted octanol–water partition coefficient (Wildman–Crippen LogP) is 1.19. The first kappa shape index (κ1) is 9.83. The maximum absolute atomic E-state index is 9.44. The maximum Gasteiger partial charge on any atom is 0.162 e. The molecule has 13 heavy (non-hydrogen) atoms. The summed E-state index contributed by atoms with van der Waals surface area (Å²) in [4.78, 5) is 0. The lowest BCUT2D eigenvalue weighted by Crippen LogP contribution is -2.06. The van der Waals surface area contributed by atoms with Crippen LogP contribution in [0.2, 0.25) is 0 Å². The van der Waals surface area contributed by atoms with Crippen LogP contribution in [-0.4, -0.2) is 15.4 Å². The average molecular weight is 183 g/mol. The monoisotopic (exact) mass is 183 g/mol. The molecular formula is C9H13NO3. The number of phenolic OH excluding ortho intramolecular Hbond substituents is 2. The Morgan fingerprint density at radius 1 is 1.23 bits per heavy atom. The highest BCUT2D eigenvalue weighted by atomic mass is 16.5. The van der Waals surface area contributed by atoms with Crippen LogP contribution >= 0.6 is 0 Å². The van der Waals surface area contributed by atoms with Gasteiger partial charge in [0.1, 0.15) is 0 Å². The first-order valence-corrected chi connectivity index (χ1v) is 3.96. The van der Waals surface area contributed by atoms with Crippen molar-refractivity contribution in [2.24, 2.45) is 0 Å². The minimum absolute atomic E-state index is 0.112. The Hall–Kier alpha value is -1.26. The van der Waals surface area contributed by atoms with Gasteiger partial charge in [-0.25, -0.2) is 5.48 Å². The fourth-order valence-electron chi connectivity index (χ4n) is 1.17. The SMILES string of the molecule is Cc1cc(CNO)c(O)c(O)c1C. The number of hydrogen-bond acceptors (Lipinski definition) is 4. The minimum Gasteiger partial charge on any atom is -0.504 e. The zero-order valence-corrected chi connectivity index (χ0v) is 7.63. The number of benzene rings is 1. The van der Waals surface area contributed by atoms with Crippen molar-refractivity contribution in [3.05, 3.63) is 22.8 Å². The second kappa shape index (κ2) is 3.64. The lowest BCUT2D eigenvalue weighted by molar-refractivity contribution is 0.160. The molecule has 0 saturated heterocycles. The van der Waals surface area contributed by atoms with E-state index in [4.69, 9.17) is 5.21 Å². The summed E-state index contributed by atoms with van der Waals surface area (Å²) < 4.78 is 0. The zero-order chi connectivity index (χ0) is 10.0. The number of hydroxylamine groups is 1. The standard InChI is InChI=1S/C9H13NO3/c1-5-3-7(4-10-13)9(12)8(11)6(5)2/h3,10-13H,4H2,1-2H3. The van der Waals surface area contributed by atoms with Gasteiger partial charge in [-0.05, 0) is 25.0 Å². The van der Waals surface area contributed by atoms with E-state index in [1.54, 1.807) is 13.0 Å². The molecule has 0 radical (unpaired) electrons. The molecule has 0 amide bonds. The van der Waals surface area contributed by atoms with Crippen LogP contribution in [0.5, 0.6) is 11.5 Å². The molecule has 0 aliphatic carbocycles. The lowest BCUT2D eigenvalue weighted by atomic mass is 10.0. The van der Waals surface area contributed by atoms with Crippen LogP contribution in [0.1, 0.15) is 16.7 Å². The van der Waals surface area contributed by atoms with Crippen molar-refractivity contribution in [1.82, 2.24) is 5.48 Å².